The molecule has 1 aromatic heterocycles. The highest BCUT2D eigenvalue weighted by Crippen LogP contribution is 2.31. The number of alkyl halides is 3. The van der Waals surface area contributed by atoms with Gasteiger partial charge in [-0.15, -0.1) is 0 Å². The van der Waals surface area contributed by atoms with Crippen LogP contribution >= 0.6 is 0 Å². The van der Waals surface area contributed by atoms with Gasteiger partial charge in [0.1, 0.15) is 11.7 Å². The van der Waals surface area contributed by atoms with E-state index in [4.69, 9.17) is 9.84 Å². The van der Waals surface area contributed by atoms with Crippen LogP contribution in [0.3, 0.4) is 0 Å². The minimum Gasteiger partial charge on any atom is -0.478 e. The first-order valence-electron chi connectivity index (χ1n) is 6.34. The zero-order valence-corrected chi connectivity index (χ0v) is 11.2. The van der Waals surface area contributed by atoms with Crippen molar-refractivity contribution >= 4 is 5.97 Å². The van der Waals surface area contributed by atoms with Gasteiger partial charge in [-0.05, 0) is 6.54 Å². The maximum Gasteiger partial charge on any atom is 0.434 e. The van der Waals surface area contributed by atoms with E-state index in [-0.39, 0.29) is 5.82 Å². The predicted octanol–water partition coefficient (Wildman–Crippen LogP) is 1.59. The lowest BCUT2D eigenvalue weighted by atomic mass is 10.2. The Balaban J connectivity index is 2.35. The van der Waals surface area contributed by atoms with Crippen molar-refractivity contribution in [1.29, 1.82) is 0 Å². The van der Waals surface area contributed by atoms with Crippen molar-refractivity contribution in [2.75, 3.05) is 26.2 Å². The molecule has 1 unspecified atom stereocenters. The first-order valence-corrected chi connectivity index (χ1v) is 6.34. The first kappa shape index (κ1) is 15.6. The van der Waals surface area contributed by atoms with Gasteiger partial charge in [-0.1, -0.05) is 6.92 Å². The van der Waals surface area contributed by atoms with Crippen molar-refractivity contribution in [1.82, 2.24) is 14.9 Å². The van der Waals surface area contributed by atoms with Crippen molar-refractivity contribution < 1.29 is 27.8 Å². The molecule has 0 radical (unpaired) electrons. The normalized spacial score (nSPS) is 20.5. The fourth-order valence-electron chi connectivity index (χ4n) is 2.07. The molecule has 1 fully saturated rings. The molecule has 1 aromatic rings. The molecule has 2 rings (SSSR count). The van der Waals surface area contributed by atoms with E-state index in [0.717, 1.165) is 6.54 Å². The van der Waals surface area contributed by atoms with Crippen LogP contribution < -0.4 is 0 Å². The van der Waals surface area contributed by atoms with Gasteiger partial charge in [0.25, 0.3) is 0 Å². The average Bonchev–Trinajstić information content (AvgIpc) is 2.45. The third-order valence-corrected chi connectivity index (χ3v) is 3.19. The lowest BCUT2D eigenvalue weighted by molar-refractivity contribution is -0.142. The minimum atomic E-state index is -4.86. The number of halogens is 3. The minimum absolute atomic E-state index is 0.148. The van der Waals surface area contributed by atoms with Crippen molar-refractivity contribution in [3.05, 3.63) is 23.3 Å². The standard InChI is InChI=1S/C12H14F3N3O3/c1-2-18-3-4-21-8(6-18)10-16-5-7(11(19)20)9(17-10)12(13,14)15/h5,8H,2-4,6H2,1H3,(H,19,20). The molecule has 9 heteroatoms. The van der Waals surface area contributed by atoms with Gasteiger partial charge in [0.15, 0.2) is 11.5 Å². The summed E-state index contributed by atoms with van der Waals surface area (Å²) in [5.74, 6) is -1.86. The Morgan fingerprint density at radius 2 is 2.29 bits per heavy atom. The van der Waals surface area contributed by atoms with Gasteiger partial charge in [-0.25, -0.2) is 14.8 Å². The Hall–Kier alpha value is -1.74. The number of aromatic nitrogens is 2. The largest absolute Gasteiger partial charge is 0.478 e. The summed E-state index contributed by atoms with van der Waals surface area (Å²) >= 11 is 0. The zero-order valence-electron chi connectivity index (χ0n) is 11.2. The monoisotopic (exact) mass is 305 g/mol. The topological polar surface area (TPSA) is 75.5 Å². The fourth-order valence-corrected chi connectivity index (χ4v) is 2.07. The zero-order chi connectivity index (χ0) is 15.6. The number of likely N-dealkylation sites (N-methyl/N-ethyl adjacent to an activating group) is 1. The summed E-state index contributed by atoms with van der Waals surface area (Å²) in [6.07, 6.45) is -4.87. The van der Waals surface area contributed by atoms with E-state index in [1.54, 1.807) is 0 Å². The van der Waals surface area contributed by atoms with Gasteiger partial charge in [0, 0.05) is 19.3 Å². The van der Waals surface area contributed by atoms with Crippen LogP contribution in [0.2, 0.25) is 0 Å². The molecule has 116 valence electrons. The summed E-state index contributed by atoms with van der Waals surface area (Å²) < 4.78 is 44.1. The van der Waals surface area contributed by atoms with Crippen LogP contribution in [-0.4, -0.2) is 52.2 Å². The molecular weight excluding hydrogens is 291 g/mol. The van der Waals surface area contributed by atoms with Crippen molar-refractivity contribution in [3.63, 3.8) is 0 Å². The number of carboxylic acids is 1. The summed E-state index contributed by atoms with van der Waals surface area (Å²) in [4.78, 5) is 19.9. The number of carboxylic acid groups (broad SMARTS) is 1. The highest BCUT2D eigenvalue weighted by molar-refractivity contribution is 5.88. The SMILES string of the molecule is CCN1CCOC(c2ncc(C(=O)O)c(C(F)(F)F)n2)C1. The molecule has 0 bridgehead atoms. The molecule has 1 aliphatic heterocycles. The Morgan fingerprint density at radius 1 is 1.57 bits per heavy atom. The van der Waals surface area contributed by atoms with Gasteiger partial charge < -0.3 is 9.84 Å². The second-order valence-electron chi connectivity index (χ2n) is 4.55. The highest BCUT2D eigenvalue weighted by atomic mass is 19.4. The molecule has 1 aliphatic rings. The van der Waals surface area contributed by atoms with E-state index < -0.39 is 29.5 Å². The van der Waals surface area contributed by atoms with E-state index in [9.17, 15) is 18.0 Å². The Kier molecular flexibility index (Phi) is 4.43. The molecule has 21 heavy (non-hydrogen) atoms. The van der Waals surface area contributed by atoms with Gasteiger partial charge >= 0.3 is 12.1 Å². The van der Waals surface area contributed by atoms with Crippen molar-refractivity contribution in [2.24, 2.45) is 0 Å². The van der Waals surface area contributed by atoms with Crippen LogP contribution in [0.25, 0.3) is 0 Å². The van der Waals surface area contributed by atoms with Crippen LogP contribution in [0, 0.1) is 0 Å². The summed E-state index contributed by atoms with van der Waals surface area (Å²) in [5, 5.41) is 8.79. The summed E-state index contributed by atoms with van der Waals surface area (Å²) in [7, 11) is 0. The lowest BCUT2D eigenvalue weighted by Gasteiger charge is -2.31. The average molecular weight is 305 g/mol. The fraction of sp³-hybridized carbons (Fsp3) is 0.583. The molecule has 0 amide bonds. The summed E-state index contributed by atoms with van der Waals surface area (Å²) in [6, 6.07) is 0. The predicted molar refractivity (Wildman–Crippen MR) is 64.8 cm³/mol. The number of morpholine rings is 1. The maximum atomic E-state index is 12.9. The van der Waals surface area contributed by atoms with Gasteiger partial charge in [-0.3, -0.25) is 4.90 Å². The van der Waals surface area contributed by atoms with Crippen LogP contribution in [0.1, 0.15) is 34.9 Å². The van der Waals surface area contributed by atoms with Crippen LogP contribution in [0.4, 0.5) is 13.2 Å². The van der Waals surface area contributed by atoms with E-state index in [0.29, 0.717) is 25.9 Å². The van der Waals surface area contributed by atoms with Gasteiger partial charge in [-0.2, -0.15) is 13.2 Å². The number of hydrogen-bond donors (Lipinski definition) is 1. The van der Waals surface area contributed by atoms with E-state index in [2.05, 4.69) is 9.97 Å². The van der Waals surface area contributed by atoms with Crippen molar-refractivity contribution in [2.45, 2.75) is 19.2 Å². The molecule has 0 aliphatic carbocycles. The van der Waals surface area contributed by atoms with Gasteiger partial charge in [0.2, 0.25) is 0 Å². The molecule has 6 nitrogen and oxygen atoms in total. The molecule has 1 saturated heterocycles. The molecule has 0 aromatic carbocycles. The Morgan fingerprint density at radius 3 is 2.86 bits per heavy atom. The summed E-state index contributed by atoms with van der Waals surface area (Å²) in [6.45, 7) is 4.09. The van der Waals surface area contributed by atoms with Crippen LogP contribution in [0.5, 0.6) is 0 Å². The third-order valence-electron chi connectivity index (χ3n) is 3.19. The Bertz CT molecular complexity index is 536. The van der Waals surface area contributed by atoms with Crippen LogP contribution in [-0.2, 0) is 10.9 Å². The van der Waals surface area contributed by atoms with Gasteiger partial charge in [0.05, 0.1) is 6.61 Å². The third kappa shape index (κ3) is 3.48. The molecule has 1 N–H and O–H groups in total. The first-order chi connectivity index (χ1) is 9.82. The van der Waals surface area contributed by atoms with E-state index in [1.165, 1.54) is 0 Å². The second kappa shape index (κ2) is 5.94. The molecule has 0 saturated carbocycles. The molecule has 0 spiro atoms. The number of hydrogen-bond acceptors (Lipinski definition) is 5. The van der Waals surface area contributed by atoms with Crippen LogP contribution in [0.15, 0.2) is 6.20 Å². The molecule has 2 heterocycles. The van der Waals surface area contributed by atoms with E-state index in [1.807, 2.05) is 11.8 Å². The number of nitrogens with zero attached hydrogens (tertiary/aromatic N) is 3. The second-order valence-corrected chi connectivity index (χ2v) is 4.55. The lowest BCUT2D eigenvalue weighted by Crippen LogP contribution is -2.38. The van der Waals surface area contributed by atoms with E-state index >= 15 is 0 Å². The number of carbonyl (C=O) groups is 1. The number of aromatic carboxylic acids is 1. The number of rotatable bonds is 3. The molecular formula is C12H14F3N3O3. The quantitative estimate of drug-likeness (QED) is 0.914. The maximum absolute atomic E-state index is 12.9. The van der Waals surface area contributed by atoms with Crippen molar-refractivity contribution in [3.8, 4) is 0 Å². The highest BCUT2D eigenvalue weighted by Gasteiger charge is 2.39. The smallest absolute Gasteiger partial charge is 0.434 e. The number of ether oxygens (including phenoxy) is 1. The molecule has 1 atom stereocenters. The Labute approximate surface area is 118 Å². The summed E-state index contributed by atoms with van der Waals surface area (Å²) in [5.41, 5.74) is -2.41.